The van der Waals surface area contributed by atoms with Crippen LogP contribution in [0.1, 0.15) is 34.0 Å². The van der Waals surface area contributed by atoms with Crippen molar-refractivity contribution in [2.24, 2.45) is 5.10 Å². The summed E-state index contributed by atoms with van der Waals surface area (Å²) >= 11 is 0. The van der Waals surface area contributed by atoms with E-state index >= 15 is 0 Å². The van der Waals surface area contributed by atoms with E-state index in [0.29, 0.717) is 42.6 Å². The van der Waals surface area contributed by atoms with Crippen molar-refractivity contribution in [3.8, 4) is 17.2 Å². The molecule has 0 saturated heterocycles. The molecule has 0 unspecified atom stereocenters. The molecule has 0 aliphatic carbocycles. The fraction of sp³-hybridized carbons (Fsp3) is 0.133. The van der Waals surface area contributed by atoms with Crippen molar-refractivity contribution in [2.45, 2.75) is 20.1 Å². The molecular formula is C30H27FN2O4. The lowest BCUT2D eigenvalue weighted by Gasteiger charge is -2.13. The first kappa shape index (κ1) is 25.4. The van der Waals surface area contributed by atoms with Gasteiger partial charge in [-0.25, -0.2) is 9.82 Å². The van der Waals surface area contributed by atoms with Gasteiger partial charge in [0.1, 0.15) is 24.8 Å². The second-order valence-corrected chi connectivity index (χ2v) is 8.06. The van der Waals surface area contributed by atoms with Gasteiger partial charge in [-0.2, -0.15) is 5.10 Å². The highest BCUT2D eigenvalue weighted by molar-refractivity contribution is 5.95. The molecule has 0 spiro atoms. The van der Waals surface area contributed by atoms with Crippen molar-refractivity contribution < 1.29 is 23.4 Å². The normalized spacial score (nSPS) is 10.8. The van der Waals surface area contributed by atoms with Crippen LogP contribution in [0.15, 0.2) is 102 Å². The Kier molecular flexibility index (Phi) is 8.86. The Hall–Kier alpha value is -4.65. The van der Waals surface area contributed by atoms with Gasteiger partial charge in [-0.3, -0.25) is 4.79 Å². The standard InChI is InChI=1S/C30H27FN2O4/c1-2-35-29-18-25(13-16-28(29)37-21-22-7-4-3-5-8-22)30(34)33-32-19-24-9-6-10-27(17-24)36-20-23-11-14-26(31)15-12-23/h3-19H,2,20-21H2,1H3,(H,33,34)/b32-19+. The number of benzene rings is 4. The van der Waals surface area contributed by atoms with Gasteiger partial charge in [-0.1, -0.05) is 54.6 Å². The predicted octanol–water partition coefficient (Wildman–Crippen LogP) is 6.15. The molecule has 0 bridgehead atoms. The van der Waals surface area contributed by atoms with E-state index in [4.69, 9.17) is 14.2 Å². The summed E-state index contributed by atoms with van der Waals surface area (Å²) < 4.78 is 30.4. The SMILES string of the molecule is CCOc1cc(C(=O)N/N=C/c2cccc(OCc3ccc(F)cc3)c2)ccc1OCc1ccccc1. The van der Waals surface area contributed by atoms with Crippen LogP contribution in [0.2, 0.25) is 0 Å². The minimum atomic E-state index is -0.379. The van der Waals surface area contributed by atoms with Gasteiger partial charge >= 0.3 is 0 Å². The summed E-state index contributed by atoms with van der Waals surface area (Å²) in [5.74, 6) is 1.01. The van der Waals surface area contributed by atoms with Crippen LogP contribution in [0.4, 0.5) is 4.39 Å². The van der Waals surface area contributed by atoms with Crippen LogP contribution in [-0.2, 0) is 13.2 Å². The third-order valence-corrected chi connectivity index (χ3v) is 5.30. The maximum atomic E-state index is 13.1. The Morgan fingerprint density at radius 3 is 2.35 bits per heavy atom. The number of carbonyl (C=O) groups excluding carboxylic acids is 1. The number of hydrazone groups is 1. The van der Waals surface area contributed by atoms with Crippen LogP contribution >= 0.6 is 0 Å². The minimum absolute atomic E-state index is 0.287. The van der Waals surface area contributed by atoms with Crippen LogP contribution < -0.4 is 19.6 Å². The van der Waals surface area contributed by atoms with E-state index in [1.54, 1.807) is 36.4 Å². The van der Waals surface area contributed by atoms with Gasteiger partial charge in [0.15, 0.2) is 11.5 Å². The number of ether oxygens (including phenoxy) is 3. The Morgan fingerprint density at radius 1 is 0.811 bits per heavy atom. The highest BCUT2D eigenvalue weighted by Gasteiger charge is 2.12. The molecular weight excluding hydrogens is 471 g/mol. The van der Waals surface area contributed by atoms with Crippen LogP contribution in [0.5, 0.6) is 17.2 Å². The van der Waals surface area contributed by atoms with Crippen LogP contribution in [0.3, 0.4) is 0 Å². The smallest absolute Gasteiger partial charge is 0.271 e. The summed E-state index contributed by atoms with van der Waals surface area (Å²) in [5, 5.41) is 4.07. The molecule has 0 fully saturated rings. The maximum absolute atomic E-state index is 13.1. The molecule has 0 saturated carbocycles. The molecule has 1 N–H and O–H groups in total. The van der Waals surface area contributed by atoms with Gasteiger partial charge < -0.3 is 14.2 Å². The quantitative estimate of drug-likeness (QED) is 0.199. The average Bonchev–Trinajstić information content (AvgIpc) is 2.93. The Bertz CT molecular complexity index is 1340. The molecule has 7 heteroatoms. The summed E-state index contributed by atoms with van der Waals surface area (Å²) in [6, 6.07) is 28.3. The van der Waals surface area contributed by atoms with E-state index in [-0.39, 0.29) is 11.7 Å². The number of nitrogens with zero attached hydrogens (tertiary/aromatic N) is 1. The van der Waals surface area contributed by atoms with Gasteiger partial charge in [0.05, 0.1) is 12.8 Å². The first-order chi connectivity index (χ1) is 18.1. The fourth-order valence-electron chi connectivity index (χ4n) is 3.43. The highest BCUT2D eigenvalue weighted by Crippen LogP contribution is 2.29. The van der Waals surface area contributed by atoms with E-state index in [0.717, 1.165) is 16.7 Å². The van der Waals surface area contributed by atoms with Gasteiger partial charge in [-0.05, 0) is 66.1 Å². The van der Waals surface area contributed by atoms with Crippen LogP contribution in [0.25, 0.3) is 0 Å². The number of hydrogen-bond donors (Lipinski definition) is 1. The van der Waals surface area contributed by atoms with Crippen molar-refractivity contribution in [3.05, 3.63) is 125 Å². The molecule has 188 valence electrons. The molecule has 37 heavy (non-hydrogen) atoms. The maximum Gasteiger partial charge on any atom is 0.271 e. The zero-order chi connectivity index (χ0) is 25.9. The third kappa shape index (κ3) is 7.67. The molecule has 0 aliphatic rings. The number of rotatable bonds is 11. The lowest BCUT2D eigenvalue weighted by atomic mass is 10.2. The number of nitrogens with one attached hydrogen (secondary N) is 1. The largest absolute Gasteiger partial charge is 0.490 e. The number of amides is 1. The predicted molar refractivity (Wildman–Crippen MR) is 141 cm³/mol. The summed E-state index contributed by atoms with van der Waals surface area (Å²) in [5.41, 5.74) is 5.56. The van der Waals surface area contributed by atoms with Gasteiger partial charge in [0.2, 0.25) is 0 Å². The van der Waals surface area contributed by atoms with E-state index in [1.807, 2.05) is 55.5 Å². The van der Waals surface area contributed by atoms with E-state index in [1.165, 1.54) is 18.3 Å². The third-order valence-electron chi connectivity index (χ3n) is 5.30. The van der Waals surface area contributed by atoms with Crippen molar-refractivity contribution in [1.29, 1.82) is 0 Å². The van der Waals surface area contributed by atoms with Gasteiger partial charge in [-0.15, -0.1) is 0 Å². The van der Waals surface area contributed by atoms with Crippen molar-refractivity contribution in [1.82, 2.24) is 5.43 Å². The van der Waals surface area contributed by atoms with Gasteiger partial charge in [0.25, 0.3) is 5.91 Å². The summed E-state index contributed by atoms with van der Waals surface area (Å²) in [7, 11) is 0. The molecule has 0 aliphatic heterocycles. The second kappa shape index (κ2) is 12.9. The molecule has 0 heterocycles. The topological polar surface area (TPSA) is 69.2 Å². The van der Waals surface area contributed by atoms with Crippen LogP contribution in [-0.4, -0.2) is 18.7 Å². The highest BCUT2D eigenvalue weighted by atomic mass is 19.1. The summed E-state index contributed by atoms with van der Waals surface area (Å²) in [6.07, 6.45) is 1.53. The lowest BCUT2D eigenvalue weighted by molar-refractivity contribution is 0.0954. The first-order valence-electron chi connectivity index (χ1n) is 11.8. The number of carbonyl (C=O) groups is 1. The molecule has 0 aromatic heterocycles. The molecule has 4 aromatic rings. The monoisotopic (exact) mass is 498 g/mol. The Labute approximate surface area is 215 Å². The van der Waals surface area contributed by atoms with Gasteiger partial charge in [0, 0.05) is 5.56 Å². The van der Waals surface area contributed by atoms with Crippen molar-refractivity contribution in [2.75, 3.05) is 6.61 Å². The minimum Gasteiger partial charge on any atom is -0.490 e. The van der Waals surface area contributed by atoms with E-state index in [9.17, 15) is 9.18 Å². The zero-order valence-corrected chi connectivity index (χ0v) is 20.4. The first-order valence-corrected chi connectivity index (χ1v) is 11.8. The Balaban J connectivity index is 1.34. The lowest BCUT2D eigenvalue weighted by Crippen LogP contribution is -2.17. The zero-order valence-electron chi connectivity index (χ0n) is 20.4. The molecule has 4 rings (SSSR count). The summed E-state index contributed by atoms with van der Waals surface area (Å²) in [4.78, 5) is 12.7. The van der Waals surface area contributed by atoms with E-state index in [2.05, 4.69) is 10.5 Å². The molecule has 4 aromatic carbocycles. The van der Waals surface area contributed by atoms with E-state index < -0.39 is 0 Å². The fourth-order valence-corrected chi connectivity index (χ4v) is 3.43. The van der Waals surface area contributed by atoms with Crippen LogP contribution in [0, 0.1) is 5.82 Å². The number of hydrogen-bond acceptors (Lipinski definition) is 5. The Morgan fingerprint density at radius 2 is 1.57 bits per heavy atom. The molecule has 0 atom stereocenters. The molecule has 0 radical (unpaired) electrons. The molecule has 1 amide bonds. The summed E-state index contributed by atoms with van der Waals surface area (Å²) in [6.45, 7) is 3.01. The van der Waals surface area contributed by atoms with Crippen molar-refractivity contribution in [3.63, 3.8) is 0 Å². The average molecular weight is 499 g/mol. The number of halogens is 1. The second-order valence-electron chi connectivity index (χ2n) is 8.06. The molecule has 6 nitrogen and oxygen atoms in total. The van der Waals surface area contributed by atoms with Crippen molar-refractivity contribution >= 4 is 12.1 Å².